The number of aromatic carboxylic acids is 1. The molecule has 0 amide bonds. The van der Waals surface area contributed by atoms with E-state index in [-0.39, 0.29) is 24.8 Å². The quantitative estimate of drug-likeness (QED) is 0.326. The summed E-state index contributed by atoms with van der Waals surface area (Å²) < 4.78 is 0. The van der Waals surface area contributed by atoms with Gasteiger partial charge in [0.25, 0.3) is 0 Å². The molecule has 0 aliphatic heterocycles. The molecule has 178 valence electrons. The van der Waals surface area contributed by atoms with Crippen LogP contribution in [0.4, 0.5) is 0 Å². The summed E-state index contributed by atoms with van der Waals surface area (Å²) >= 11 is 1.69. The van der Waals surface area contributed by atoms with Gasteiger partial charge in [-0.3, -0.25) is 4.98 Å². The lowest BCUT2D eigenvalue weighted by atomic mass is 9.90. The van der Waals surface area contributed by atoms with Crippen LogP contribution in [0.1, 0.15) is 52.3 Å². The summed E-state index contributed by atoms with van der Waals surface area (Å²) in [5.74, 6) is 0.325. The fourth-order valence-electron chi connectivity index (χ4n) is 3.71. The van der Waals surface area contributed by atoms with Crippen LogP contribution in [0, 0.1) is 19.8 Å². The van der Waals surface area contributed by atoms with Crippen molar-refractivity contribution in [3.8, 4) is 11.1 Å². The van der Waals surface area contributed by atoms with E-state index in [4.69, 9.17) is 15.8 Å². The number of carboxylic acids is 1. The highest BCUT2D eigenvalue weighted by Crippen LogP contribution is 2.36. The van der Waals surface area contributed by atoms with Crippen LogP contribution >= 0.6 is 36.6 Å². The number of hydrogen-bond acceptors (Lipinski definition) is 4. The van der Waals surface area contributed by atoms with Gasteiger partial charge in [0.1, 0.15) is 0 Å². The van der Waals surface area contributed by atoms with E-state index < -0.39 is 5.97 Å². The van der Waals surface area contributed by atoms with Crippen molar-refractivity contribution in [1.29, 1.82) is 0 Å². The van der Waals surface area contributed by atoms with Crippen LogP contribution in [0.25, 0.3) is 11.1 Å². The normalized spacial score (nSPS) is 10.5. The molecular formula is C26H32Cl2N2O2S. The van der Waals surface area contributed by atoms with Crippen molar-refractivity contribution in [1.82, 2.24) is 4.98 Å². The van der Waals surface area contributed by atoms with Gasteiger partial charge in [0.05, 0.1) is 5.56 Å². The molecule has 0 aliphatic carbocycles. The topological polar surface area (TPSA) is 76.2 Å². The van der Waals surface area contributed by atoms with Gasteiger partial charge in [0.15, 0.2) is 0 Å². The third kappa shape index (κ3) is 7.21. The molecule has 1 heterocycles. The van der Waals surface area contributed by atoms with Crippen molar-refractivity contribution in [3.05, 3.63) is 82.2 Å². The van der Waals surface area contributed by atoms with Crippen molar-refractivity contribution in [2.24, 2.45) is 11.7 Å². The highest BCUT2D eigenvalue weighted by molar-refractivity contribution is 7.98. The molecule has 3 aromatic rings. The molecule has 0 unspecified atom stereocenters. The fourth-order valence-corrected chi connectivity index (χ4v) is 4.71. The van der Waals surface area contributed by atoms with Gasteiger partial charge in [-0.25, -0.2) is 4.79 Å². The zero-order valence-electron chi connectivity index (χ0n) is 19.4. The SMILES string of the molecule is Cc1ccc(-c2c(CSc3ccc(C(=O)O)cc3)c(C)nc(CC(C)C)c2CN)cc1.Cl.Cl. The molecule has 1 aromatic heterocycles. The van der Waals surface area contributed by atoms with Crippen LogP contribution in [0.15, 0.2) is 53.4 Å². The molecule has 3 N–H and O–H groups in total. The smallest absolute Gasteiger partial charge is 0.335 e. The first-order valence-corrected chi connectivity index (χ1v) is 11.5. The number of aryl methyl sites for hydroxylation is 2. The van der Waals surface area contributed by atoms with Crippen LogP contribution < -0.4 is 5.73 Å². The molecule has 0 saturated heterocycles. The molecule has 4 nitrogen and oxygen atoms in total. The molecule has 2 aromatic carbocycles. The Bertz CT molecular complexity index is 1070. The molecular weight excluding hydrogens is 475 g/mol. The predicted molar refractivity (Wildman–Crippen MR) is 143 cm³/mol. The number of thioether (sulfide) groups is 1. The Kier molecular flexibility index (Phi) is 11.4. The van der Waals surface area contributed by atoms with Crippen LogP contribution in [0.5, 0.6) is 0 Å². The van der Waals surface area contributed by atoms with Gasteiger partial charge < -0.3 is 10.8 Å². The number of carbonyl (C=O) groups is 1. The second-order valence-electron chi connectivity index (χ2n) is 8.26. The summed E-state index contributed by atoms with van der Waals surface area (Å²) in [6.07, 6.45) is 0.899. The standard InChI is InChI=1S/C26H30N2O2S.2ClH/c1-16(2)13-24-22(14-27)25(19-7-5-17(3)6-8-19)23(18(4)28-24)15-31-21-11-9-20(10-12-21)26(29)30;;/h5-12,16H,13-15,27H2,1-4H3,(H,29,30);2*1H. The average Bonchev–Trinajstić information content (AvgIpc) is 2.73. The van der Waals surface area contributed by atoms with Gasteiger partial charge in [-0.1, -0.05) is 43.7 Å². The van der Waals surface area contributed by atoms with Gasteiger partial charge in [-0.05, 0) is 72.7 Å². The maximum absolute atomic E-state index is 11.1. The van der Waals surface area contributed by atoms with E-state index in [2.05, 4.69) is 52.0 Å². The number of nitrogens with two attached hydrogens (primary N) is 1. The number of rotatable bonds is 8. The first kappa shape index (κ1) is 29.0. The molecule has 0 radical (unpaired) electrons. The summed E-state index contributed by atoms with van der Waals surface area (Å²) in [6, 6.07) is 15.6. The van der Waals surface area contributed by atoms with Crippen LogP contribution in [-0.2, 0) is 18.7 Å². The minimum atomic E-state index is -0.911. The van der Waals surface area contributed by atoms with E-state index in [1.807, 2.05) is 12.1 Å². The first-order valence-electron chi connectivity index (χ1n) is 10.5. The van der Waals surface area contributed by atoms with Crippen LogP contribution in [0.3, 0.4) is 0 Å². The van der Waals surface area contributed by atoms with Crippen LogP contribution in [0.2, 0.25) is 0 Å². The number of carboxylic acid groups (broad SMARTS) is 1. The molecule has 3 rings (SSSR count). The maximum atomic E-state index is 11.1. The third-order valence-electron chi connectivity index (χ3n) is 5.32. The lowest BCUT2D eigenvalue weighted by molar-refractivity contribution is 0.0697. The van der Waals surface area contributed by atoms with Crippen molar-refractivity contribution in [2.75, 3.05) is 0 Å². The maximum Gasteiger partial charge on any atom is 0.335 e. The van der Waals surface area contributed by atoms with Gasteiger partial charge in [-0.15, -0.1) is 36.6 Å². The fraction of sp³-hybridized carbons (Fsp3) is 0.308. The first-order chi connectivity index (χ1) is 14.8. The number of benzene rings is 2. The van der Waals surface area contributed by atoms with E-state index in [1.165, 1.54) is 22.3 Å². The summed E-state index contributed by atoms with van der Waals surface area (Å²) in [6.45, 7) is 9.02. The summed E-state index contributed by atoms with van der Waals surface area (Å²) in [5, 5.41) is 9.12. The van der Waals surface area contributed by atoms with Gasteiger partial charge in [0.2, 0.25) is 0 Å². The van der Waals surface area contributed by atoms with E-state index in [0.29, 0.717) is 18.0 Å². The second-order valence-corrected chi connectivity index (χ2v) is 9.31. The van der Waals surface area contributed by atoms with E-state index in [0.717, 1.165) is 34.0 Å². The minimum absolute atomic E-state index is 0. The second kappa shape index (κ2) is 13.0. The van der Waals surface area contributed by atoms with Crippen LogP contribution in [-0.4, -0.2) is 16.1 Å². The molecule has 0 atom stereocenters. The largest absolute Gasteiger partial charge is 0.478 e. The zero-order chi connectivity index (χ0) is 22.5. The van der Waals surface area contributed by atoms with E-state index >= 15 is 0 Å². The molecule has 0 aliphatic rings. The lowest BCUT2D eigenvalue weighted by Gasteiger charge is -2.21. The molecule has 0 fully saturated rings. The highest BCUT2D eigenvalue weighted by Gasteiger charge is 2.19. The average molecular weight is 508 g/mol. The minimum Gasteiger partial charge on any atom is -0.478 e. The Balaban J connectivity index is 0.00000272. The highest BCUT2D eigenvalue weighted by atomic mass is 35.5. The van der Waals surface area contributed by atoms with Crippen molar-refractivity contribution < 1.29 is 9.90 Å². The number of nitrogens with zero attached hydrogens (tertiary/aromatic N) is 1. The molecule has 7 heteroatoms. The Morgan fingerprint density at radius 1 is 1.00 bits per heavy atom. The van der Waals surface area contributed by atoms with Crippen molar-refractivity contribution in [2.45, 2.75) is 51.3 Å². The number of hydrogen-bond donors (Lipinski definition) is 2. The monoisotopic (exact) mass is 506 g/mol. The Labute approximate surface area is 213 Å². The lowest BCUT2D eigenvalue weighted by Crippen LogP contribution is -2.13. The Hall–Kier alpha value is -2.05. The summed E-state index contributed by atoms with van der Waals surface area (Å²) in [7, 11) is 0. The van der Waals surface area contributed by atoms with Gasteiger partial charge in [0, 0.05) is 28.6 Å². The number of pyridine rings is 1. The molecule has 33 heavy (non-hydrogen) atoms. The van der Waals surface area contributed by atoms with E-state index in [1.54, 1.807) is 23.9 Å². The summed E-state index contributed by atoms with van der Waals surface area (Å²) in [5.41, 5.74) is 14.6. The van der Waals surface area contributed by atoms with Gasteiger partial charge >= 0.3 is 5.97 Å². The van der Waals surface area contributed by atoms with Gasteiger partial charge in [-0.2, -0.15) is 0 Å². The number of halogens is 2. The van der Waals surface area contributed by atoms with Crippen molar-refractivity contribution in [3.63, 3.8) is 0 Å². The predicted octanol–water partition coefficient (Wildman–Crippen LogP) is 6.86. The Morgan fingerprint density at radius 3 is 2.12 bits per heavy atom. The number of aromatic nitrogens is 1. The molecule has 0 saturated carbocycles. The van der Waals surface area contributed by atoms with Crippen molar-refractivity contribution >= 4 is 42.5 Å². The Morgan fingerprint density at radius 2 is 1.61 bits per heavy atom. The molecule has 0 spiro atoms. The van der Waals surface area contributed by atoms with E-state index in [9.17, 15) is 4.79 Å². The molecule has 0 bridgehead atoms. The third-order valence-corrected chi connectivity index (χ3v) is 6.36. The zero-order valence-corrected chi connectivity index (χ0v) is 21.9. The summed E-state index contributed by atoms with van der Waals surface area (Å²) in [4.78, 5) is 17.1.